The topological polar surface area (TPSA) is 58.2 Å². The van der Waals surface area contributed by atoms with Crippen molar-refractivity contribution in [3.05, 3.63) is 35.9 Å². The zero-order chi connectivity index (χ0) is 20.6. The minimum absolute atomic E-state index is 0.00355. The molecule has 5 aliphatic rings. The number of hydrogen-bond acceptors (Lipinski definition) is 2. The first-order valence-electron chi connectivity index (χ1n) is 12.2. The molecule has 2 N–H and O–H groups in total. The summed E-state index contributed by atoms with van der Waals surface area (Å²) in [4.78, 5) is 26.9. The average Bonchev–Trinajstić information content (AvgIpc) is 2.74. The first-order chi connectivity index (χ1) is 14.6. The third-order valence-corrected chi connectivity index (χ3v) is 8.38. The van der Waals surface area contributed by atoms with E-state index < -0.39 is 6.04 Å². The summed E-state index contributed by atoms with van der Waals surface area (Å²) in [7, 11) is 0. The van der Waals surface area contributed by atoms with Crippen LogP contribution >= 0.6 is 0 Å². The molecule has 5 saturated carbocycles. The van der Waals surface area contributed by atoms with E-state index >= 15 is 0 Å². The minimum Gasteiger partial charge on any atom is -0.352 e. The molecule has 1 atom stereocenters. The van der Waals surface area contributed by atoms with Gasteiger partial charge in [-0.15, -0.1) is 0 Å². The molecule has 1 aromatic carbocycles. The predicted octanol–water partition coefficient (Wildman–Crippen LogP) is 4.38. The Bertz CT molecular complexity index is 733. The molecular formula is C26H36N2O2. The Hall–Kier alpha value is -1.84. The fourth-order valence-corrected chi connectivity index (χ4v) is 7.31. The highest BCUT2D eigenvalue weighted by atomic mass is 16.2. The highest BCUT2D eigenvalue weighted by Gasteiger charge is 2.55. The van der Waals surface area contributed by atoms with Crippen molar-refractivity contribution in [1.82, 2.24) is 10.6 Å². The number of benzene rings is 1. The van der Waals surface area contributed by atoms with E-state index in [0.29, 0.717) is 6.42 Å². The molecule has 4 heteroatoms. The van der Waals surface area contributed by atoms with Gasteiger partial charge in [0.1, 0.15) is 6.04 Å². The van der Waals surface area contributed by atoms with Crippen LogP contribution < -0.4 is 10.6 Å². The predicted molar refractivity (Wildman–Crippen MR) is 118 cm³/mol. The summed E-state index contributed by atoms with van der Waals surface area (Å²) in [6.45, 7) is 0. The lowest BCUT2D eigenvalue weighted by Crippen LogP contribution is -2.58. The summed E-state index contributed by atoms with van der Waals surface area (Å²) >= 11 is 0. The van der Waals surface area contributed by atoms with Crippen LogP contribution in [0, 0.1) is 23.2 Å². The van der Waals surface area contributed by atoms with Crippen LogP contribution in [-0.2, 0) is 16.0 Å². The molecule has 6 rings (SSSR count). The Labute approximate surface area is 180 Å². The van der Waals surface area contributed by atoms with E-state index in [1.807, 2.05) is 18.2 Å². The van der Waals surface area contributed by atoms with Gasteiger partial charge in [-0.1, -0.05) is 49.6 Å². The fraction of sp³-hybridized carbons (Fsp3) is 0.692. The molecule has 1 aromatic rings. The molecule has 30 heavy (non-hydrogen) atoms. The summed E-state index contributed by atoms with van der Waals surface area (Å²) in [5.41, 5.74) is 0.890. The molecule has 162 valence electrons. The first-order valence-corrected chi connectivity index (χ1v) is 12.2. The summed E-state index contributed by atoms with van der Waals surface area (Å²) in [6.07, 6.45) is 13.4. The molecule has 2 amide bonds. The van der Waals surface area contributed by atoms with Gasteiger partial charge >= 0.3 is 0 Å². The van der Waals surface area contributed by atoms with Crippen LogP contribution in [0.3, 0.4) is 0 Å². The lowest BCUT2D eigenvalue weighted by atomic mass is 9.49. The van der Waals surface area contributed by atoms with E-state index in [0.717, 1.165) is 55.4 Å². The number of nitrogens with one attached hydrogen (secondary N) is 2. The monoisotopic (exact) mass is 408 g/mol. The SMILES string of the molecule is O=C(NC1CCCCC1)C(Cc1ccccc1)NC(=O)C12CC3CC(CC(C3)C1)C2. The zero-order valence-corrected chi connectivity index (χ0v) is 18.1. The van der Waals surface area contributed by atoms with Gasteiger partial charge in [-0.25, -0.2) is 0 Å². The van der Waals surface area contributed by atoms with Gasteiger partial charge in [0.25, 0.3) is 0 Å². The van der Waals surface area contributed by atoms with Gasteiger partial charge in [0.15, 0.2) is 0 Å². The van der Waals surface area contributed by atoms with Crippen molar-refractivity contribution in [2.45, 2.75) is 89.1 Å². The molecule has 0 radical (unpaired) electrons. The highest BCUT2D eigenvalue weighted by molar-refractivity contribution is 5.90. The van der Waals surface area contributed by atoms with Crippen molar-refractivity contribution in [2.24, 2.45) is 23.2 Å². The smallest absolute Gasteiger partial charge is 0.243 e. The second-order valence-electron chi connectivity index (χ2n) is 10.8. The van der Waals surface area contributed by atoms with E-state index in [-0.39, 0.29) is 23.3 Å². The number of hydrogen-bond donors (Lipinski definition) is 2. The maximum Gasteiger partial charge on any atom is 0.243 e. The second-order valence-corrected chi connectivity index (χ2v) is 10.8. The van der Waals surface area contributed by atoms with E-state index in [2.05, 4.69) is 22.8 Å². The van der Waals surface area contributed by atoms with Gasteiger partial charge < -0.3 is 10.6 Å². The number of carbonyl (C=O) groups excluding carboxylic acids is 2. The molecule has 0 saturated heterocycles. The molecule has 5 aliphatic carbocycles. The molecule has 0 aliphatic heterocycles. The standard InChI is InChI=1S/C26H36N2O2/c29-24(27-22-9-5-2-6-10-22)23(14-18-7-3-1-4-8-18)28-25(30)26-15-19-11-20(16-26)13-21(12-19)17-26/h1,3-4,7-8,19-23H,2,5-6,9-17H2,(H,27,29)(H,28,30). The van der Waals surface area contributed by atoms with Crippen molar-refractivity contribution in [1.29, 1.82) is 0 Å². The Balaban J connectivity index is 1.31. The molecule has 1 unspecified atom stereocenters. The molecule has 0 aromatic heterocycles. The molecule has 4 nitrogen and oxygen atoms in total. The van der Waals surface area contributed by atoms with E-state index in [9.17, 15) is 9.59 Å². The highest BCUT2D eigenvalue weighted by Crippen LogP contribution is 2.60. The van der Waals surface area contributed by atoms with Crippen molar-refractivity contribution < 1.29 is 9.59 Å². The minimum atomic E-state index is -0.477. The van der Waals surface area contributed by atoms with Crippen LogP contribution in [0.15, 0.2) is 30.3 Å². The summed E-state index contributed by atoms with van der Waals surface area (Å²) in [5, 5.41) is 6.53. The number of rotatable bonds is 6. The Morgan fingerprint density at radius 3 is 2.10 bits per heavy atom. The Morgan fingerprint density at radius 1 is 0.900 bits per heavy atom. The van der Waals surface area contributed by atoms with Gasteiger partial charge in [-0.2, -0.15) is 0 Å². The van der Waals surface area contributed by atoms with Crippen LogP contribution in [0.5, 0.6) is 0 Å². The molecule has 5 fully saturated rings. The number of carbonyl (C=O) groups is 2. The van der Waals surface area contributed by atoms with Gasteiger partial charge in [0.2, 0.25) is 11.8 Å². The van der Waals surface area contributed by atoms with Crippen molar-refractivity contribution in [3.8, 4) is 0 Å². The lowest BCUT2D eigenvalue weighted by Gasteiger charge is -2.55. The molecular weight excluding hydrogens is 372 g/mol. The number of amides is 2. The van der Waals surface area contributed by atoms with Crippen LogP contribution in [-0.4, -0.2) is 23.9 Å². The van der Waals surface area contributed by atoms with E-state index in [4.69, 9.17) is 0 Å². The van der Waals surface area contributed by atoms with Crippen molar-refractivity contribution in [3.63, 3.8) is 0 Å². The van der Waals surface area contributed by atoms with Gasteiger partial charge in [0, 0.05) is 17.9 Å². The zero-order valence-electron chi connectivity index (χ0n) is 18.1. The van der Waals surface area contributed by atoms with E-state index in [1.54, 1.807) is 0 Å². The largest absolute Gasteiger partial charge is 0.352 e. The van der Waals surface area contributed by atoms with Crippen LogP contribution in [0.1, 0.15) is 76.2 Å². The lowest BCUT2D eigenvalue weighted by molar-refractivity contribution is -0.148. The maximum absolute atomic E-state index is 13.6. The average molecular weight is 409 g/mol. The second kappa shape index (κ2) is 8.36. The van der Waals surface area contributed by atoms with E-state index in [1.165, 1.54) is 38.5 Å². The van der Waals surface area contributed by atoms with Gasteiger partial charge in [0.05, 0.1) is 0 Å². The maximum atomic E-state index is 13.6. The van der Waals surface area contributed by atoms with Crippen molar-refractivity contribution >= 4 is 11.8 Å². The summed E-state index contributed by atoms with van der Waals surface area (Å²) in [5.74, 6) is 2.34. The van der Waals surface area contributed by atoms with Crippen molar-refractivity contribution in [2.75, 3.05) is 0 Å². The normalized spacial score (nSPS) is 33.8. The van der Waals surface area contributed by atoms with Crippen LogP contribution in [0.25, 0.3) is 0 Å². The summed E-state index contributed by atoms with van der Waals surface area (Å²) in [6, 6.07) is 9.90. The van der Waals surface area contributed by atoms with Gasteiger partial charge in [-0.05, 0) is 74.7 Å². The molecule has 4 bridgehead atoms. The first kappa shape index (κ1) is 20.1. The summed E-state index contributed by atoms with van der Waals surface area (Å²) < 4.78 is 0. The van der Waals surface area contributed by atoms with Crippen LogP contribution in [0.2, 0.25) is 0 Å². The fourth-order valence-electron chi connectivity index (χ4n) is 7.31. The molecule has 0 spiro atoms. The third-order valence-electron chi connectivity index (χ3n) is 8.38. The Morgan fingerprint density at radius 2 is 1.50 bits per heavy atom. The molecule has 0 heterocycles. The van der Waals surface area contributed by atoms with Crippen LogP contribution in [0.4, 0.5) is 0 Å². The third kappa shape index (κ3) is 4.15. The van der Waals surface area contributed by atoms with Gasteiger partial charge in [-0.3, -0.25) is 9.59 Å². The Kier molecular flexibility index (Phi) is 5.59. The quantitative estimate of drug-likeness (QED) is 0.734.